The number of hydrogen-bond donors (Lipinski definition) is 2. The number of methoxy groups -OCH3 is 1. The van der Waals surface area contributed by atoms with Crippen molar-refractivity contribution in [2.24, 2.45) is 0 Å². The minimum Gasteiger partial charge on any atom is -0.494 e. The van der Waals surface area contributed by atoms with Gasteiger partial charge in [0.1, 0.15) is 0 Å². The van der Waals surface area contributed by atoms with E-state index in [4.69, 9.17) is 4.74 Å². The van der Waals surface area contributed by atoms with E-state index in [1.165, 1.54) is 19.2 Å². The van der Waals surface area contributed by atoms with Crippen LogP contribution in [0.3, 0.4) is 0 Å². The summed E-state index contributed by atoms with van der Waals surface area (Å²) in [5, 5.41) is 10.2. The lowest BCUT2D eigenvalue weighted by atomic mass is 10.2. The number of aromatic amines is 1. The van der Waals surface area contributed by atoms with E-state index < -0.39 is 22.9 Å². The molecule has 0 spiro atoms. The highest BCUT2D eigenvalue weighted by molar-refractivity contribution is 5.43. The van der Waals surface area contributed by atoms with Crippen molar-refractivity contribution in [3.8, 4) is 17.3 Å². The van der Waals surface area contributed by atoms with Gasteiger partial charge in [0.25, 0.3) is 5.56 Å². The van der Waals surface area contributed by atoms with E-state index in [1.54, 1.807) is 0 Å². The summed E-state index contributed by atoms with van der Waals surface area (Å²) in [6.45, 7) is 1.84. The van der Waals surface area contributed by atoms with Crippen molar-refractivity contribution < 1.29 is 14.2 Å². The molecule has 6 nitrogen and oxygen atoms in total. The highest BCUT2D eigenvalue weighted by atomic mass is 19.1. The number of halogens is 1. The Morgan fingerprint density at radius 2 is 2.10 bits per heavy atom. The number of H-pyrrole nitrogens is 1. The fraction of sp³-hybridized carbons (Fsp3) is 0.286. The molecule has 1 aromatic carbocycles. The Morgan fingerprint density at radius 1 is 1.38 bits per heavy atom. The van der Waals surface area contributed by atoms with Crippen molar-refractivity contribution in [3.63, 3.8) is 0 Å². The number of benzene rings is 1. The summed E-state index contributed by atoms with van der Waals surface area (Å²) in [7, 11) is 1.29. The Bertz CT molecular complexity index is 780. The molecule has 0 atom stereocenters. The molecule has 2 rings (SSSR count). The average Bonchev–Trinajstić information content (AvgIpc) is 2.45. The maximum Gasteiger partial charge on any atom is 0.335 e. The summed E-state index contributed by atoms with van der Waals surface area (Å²) in [5.41, 5.74) is -1.11. The van der Waals surface area contributed by atoms with Crippen LogP contribution in [-0.2, 0) is 6.42 Å². The fourth-order valence-electron chi connectivity index (χ4n) is 2.06. The second kappa shape index (κ2) is 5.82. The van der Waals surface area contributed by atoms with Gasteiger partial charge in [-0.15, -0.1) is 0 Å². The van der Waals surface area contributed by atoms with Crippen molar-refractivity contribution >= 4 is 0 Å². The largest absolute Gasteiger partial charge is 0.494 e. The molecule has 0 saturated carbocycles. The van der Waals surface area contributed by atoms with Gasteiger partial charge in [-0.05, 0) is 18.6 Å². The van der Waals surface area contributed by atoms with Gasteiger partial charge in [-0.25, -0.2) is 13.8 Å². The zero-order chi connectivity index (χ0) is 15.6. The first-order valence-electron chi connectivity index (χ1n) is 6.40. The standard InChI is InChI=1S/C14H15FN2O4/c1-3-4-9-12(18)16-14(20)17(13(9)19)8-5-6-10(15)11(7-8)21-2/h5-7,19H,3-4H2,1-2H3,(H,16,18,20). The van der Waals surface area contributed by atoms with Crippen LogP contribution >= 0.6 is 0 Å². The second-order valence-corrected chi connectivity index (χ2v) is 4.47. The number of hydrogen-bond acceptors (Lipinski definition) is 4. The van der Waals surface area contributed by atoms with Gasteiger partial charge in [0.2, 0.25) is 5.88 Å². The van der Waals surface area contributed by atoms with Gasteiger partial charge in [0, 0.05) is 6.07 Å². The van der Waals surface area contributed by atoms with Gasteiger partial charge in [-0.1, -0.05) is 13.3 Å². The van der Waals surface area contributed by atoms with E-state index in [0.29, 0.717) is 12.8 Å². The van der Waals surface area contributed by atoms with Gasteiger partial charge in [-0.2, -0.15) is 0 Å². The number of rotatable bonds is 4. The highest BCUT2D eigenvalue weighted by Gasteiger charge is 2.16. The molecule has 2 N–H and O–H groups in total. The van der Waals surface area contributed by atoms with E-state index >= 15 is 0 Å². The van der Waals surface area contributed by atoms with Gasteiger partial charge in [-0.3, -0.25) is 9.78 Å². The molecular formula is C14H15FN2O4. The third-order valence-corrected chi connectivity index (χ3v) is 3.07. The molecule has 1 aromatic heterocycles. The van der Waals surface area contributed by atoms with Crippen LogP contribution in [0.25, 0.3) is 5.69 Å². The molecule has 7 heteroatoms. The molecule has 0 aliphatic heterocycles. The zero-order valence-corrected chi connectivity index (χ0v) is 11.6. The summed E-state index contributed by atoms with van der Waals surface area (Å²) in [6.07, 6.45) is 0.946. The van der Waals surface area contributed by atoms with Gasteiger partial charge in [0.15, 0.2) is 11.6 Å². The summed E-state index contributed by atoms with van der Waals surface area (Å²) in [6, 6.07) is 3.70. The van der Waals surface area contributed by atoms with Crippen LogP contribution in [0, 0.1) is 5.82 Å². The molecule has 21 heavy (non-hydrogen) atoms. The van der Waals surface area contributed by atoms with E-state index in [2.05, 4.69) is 4.98 Å². The predicted octanol–water partition coefficient (Wildman–Crippen LogP) is 1.33. The van der Waals surface area contributed by atoms with Crippen molar-refractivity contribution in [3.05, 3.63) is 50.4 Å². The Balaban J connectivity index is 2.72. The quantitative estimate of drug-likeness (QED) is 0.891. The maximum atomic E-state index is 13.4. The predicted molar refractivity (Wildman–Crippen MR) is 74.8 cm³/mol. The van der Waals surface area contributed by atoms with E-state index in [0.717, 1.165) is 10.6 Å². The molecular weight excluding hydrogens is 279 g/mol. The fourth-order valence-corrected chi connectivity index (χ4v) is 2.06. The van der Waals surface area contributed by atoms with E-state index in [1.807, 2.05) is 6.92 Å². The molecule has 0 saturated heterocycles. The Morgan fingerprint density at radius 3 is 2.71 bits per heavy atom. The lowest BCUT2D eigenvalue weighted by Crippen LogP contribution is -2.31. The molecule has 0 unspecified atom stereocenters. The maximum absolute atomic E-state index is 13.4. The third-order valence-electron chi connectivity index (χ3n) is 3.07. The van der Waals surface area contributed by atoms with Crippen molar-refractivity contribution in [1.29, 1.82) is 0 Å². The number of ether oxygens (including phenoxy) is 1. The molecule has 0 bridgehead atoms. The lowest BCUT2D eigenvalue weighted by Gasteiger charge is -2.12. The molecule has 0 aliphatic rings. The topological polar surface area (TPSA) is 84.3 Å². The summed E-state index contributed by atoms with van der Waals surface area (Å²) < 4.78 is 19.2. The van der Waals surface area contributed by atoms with Crippen LogP contribution < -0.4 is 16.0 Å². The molecule has 2 aromatic rings. The van der Waals surface area contributed by atoms with E-state index in [-0.39, 0.29) is 17.0 Å². The van der Waals surface area contributed by atoms with Gasteiger partial charge < -0.3 is 9.84 Å². The van der Waals surface area contributed by atoms with Gasteiger partial charge in [0.05, 0.1) is 18.4 Å². The lowest BCUT2D eigenvalue weighted by molar-refractivity contribution is 0.385. The first-order valence-corrected chi connectivity index (χ1v) is 6.40. The molecule has 0 aliphatic carbocycles. The smallest absolute Gasteiger partial charge is 0.335 e. The minimum absolute atomic E-state index is 0.0676. The van der Waals surface area contributed by atoms with Crippen molar-refractivity contribution in [2.45, 2.75) is 19.8 Å². The van der Waals surface area contributed by atoms with Crippen molar-refractivity contribution in [2.75, 3.05) is 7.11 Å². The van der Waals surface area contributed by atoms with Crippen LogP contribution in [0.2, 0.25) is 0 Å². The Hall–Kier alpha value is -2.57. The number of nitrogens with one attached hydrogen (secondary N) is 1. The normalized spacial score (nSPS) is 10.6. The Labute approximate surface area is 119 Å². The molecule has 0 fully saturated rings. The van der Waals surface area contributed by atoms with Crippen LogP contribution in [0.4, 0.5) is 4.39 Å². The van der Waals surface area contributed by atoms with Crippen LogP contribution in [0.5, 0.6) is 11.6 Å². The number of nitrogens with zero attached hydrogens (tertiary/aromatic N) is 1. The summed E-state index contributed by atoms with van der Waals surface area (Å²) >= 11 is 0. The first kappa shape index (κ1) is 14.8. The Kier molecular flexibility index (Phi) is 4.11. The zero-order valence-electron chi connectivity index (χ0n) is 11.6. The average molecular weight is 294 g/mol. The highest BCUT2D eigenvalue weighted by Crippen LogP contribution is 2.23. The number of aromatic nitrogens is 2. The first-order chi connectivity index (χ1) is 9.99. The van der Waals surface area contributed by atoms with Crippen LogP contribution in [0.15, 0.2) is 27.8 Å². The molecule has 0 radical (unpaired) electrons. The second-order valence-electron chi connectivity index (χ2n) is 4.47. The van der Waals surface area contributed by atoms with Crippen molar-refractivity contribution in [1.82, 2.24) is 9.55 Å². The monoisotopic (exact) mass is 294 g/mol. The minimum atomic E-state index is -0.800. The molecule has 112 valence electrons. The van der Waals surface area contributed by atoms with E-state index in [9.17, 15) is 19.1 Å². The van der Waals surface area contributed by atoms with Gasteiger partial charge >= 0.3 is 5.69 Å². The number of aromatic hydroxyl groups is 1. The van der Waals surface area contributed by atoms with Crippen LogP contribution in [0.1, 0.15) is 18.9 Å². The summed E-state index contributed by atoms with van der Waals surface area (Å²) in [5.74, 6) is -1.10. The van der Waals surface area contributed by atoms with Crippen LogP contribution in [-0.4, -0.2) is 21.8 Å². The SMILES string of the molecule is CCCc1c(O)n(-c2ccc(F)c(OC)c2)c(=O)[nH]c1=O. The molecule has 1 heterocycles. The third kappa shape index (κ3) is 2.67. The summed E-state index contributed by atoms with van der Waals surface area (Å²) in [4.78, 5) is 25.8. The molecule has 0 amide bonds.